The van der Waals surface area contributed by atoms with Crippen molar-refractivity contribution in [2.24, 2.45) is 4.99 Å². The zero-order valence-electron chi connectivity index (χ0n) is 7.35. The second kappa shape index (κ2) is 5.11. The molecule has 0 aromatic rings. The van der Waals surface area contributed by atoms with Crippen LogP contribution < -0.4 is 10.6 Å². The van der Waals surface area contributed by atoms with Crippen molar-refractivity contribution in [3.05, 3.63) is 0 Å². The van der Waals surface area contributed by atoms with Crippen LogP contribution in [0.15, 0.2) is 4.99 Å². The average Bonchev–Trinajstić information content (AvgIpc) is 2.39. The molecule has 1 aliphatic heterocycles. The van der Waals surface area contributed by atoms with Gasteiger partial charge in [0.1, 0.15) is 0 Å². The molecule has 0 amide bonds. The molecule has 3 nitrogen and oxygen atoms in total. The van der Waals surface area contributed by atoms with Crippen LogP contribution >= 0.6 is 35.6 Å². The molecule has 0 radical (unpaired) electrons. The normalized spacial score (nSPS) is 16.1. The number of halogens is 2. The van der Waals surface area contributed by atoms with E-state index in [1.54, 1.807) is 0 Å². The maximum atomic E-state index is 5.73. The van der Waals surface area contributed by atoms with Gasteiger partial charge in [0, 0.05) is 18.0 Å². The molecule has 0 aromatic carbocycles. The first kappa shape index (κ1) is 12.3. The van der Waals surface area contributed by atoms with Crippen LogP contribution in [-0.2, 0) is 0 Å². The minimum atomic E-state index is -0.0717. The fraction of sp³-hybridized carbons (Fsp3) is 0.857. The first-order valence-corrected chi connectivity index (χ1v) is 4.30. The van der Waals surface area contributed by atoms with Crippen LogP contribution in [0, 0.1) is 0 Å². The van der Waals surface area contributed by atoms with E-state index in [1.807, 2.05) is 13.8 Å². The van der Waals surface area contributed by atoms with E-state index in [4.69, 9.17) is 11.6 Å². The van der Waals surface area contributed by atoms with Gasteiger partial charge in [0.15, 0.2) is 5.96 Å². The lowest BCUT2D eigenvalue weighted by atomic mass is 10.1. The molecule has 1 heterocycles. The Morgan fingerprint density at radius 1 is 1.67 bits per heavy atom. The van der Waals surface area contributed by atoms with E-state index in [0.717, 1.165) is 19.0 Å². The highest BCUT2D eigenvalue weighted by atomic mass is 127. The second-order valence-electron chi connectivity index (χ2n) is 3.30. The zero-order chi connectivity index (χ0) is 8.32. The van der Waals surface area contributed by atoms with Crippen LogP contribution in [0.2, 0.25) is 0 Å². The Morgan fingerprint density at radius 3 is 2.75 bits per heavy atom. The molecule has 0 atom stereocenters. The van der Waals surface area contributed by atoms with Crippen molar-refractivity contribution >= 4 is 41.5 Å². The Hall–Kier alpha value is 0.290. The van der Waals surface area contributed by atoms with E-state index in [0.29, 0.717) is 5.88 Å². The number of hydrogen-bond donors (Lipinski definition) is 2. The number of nitrogens with one attached hydrogen (secondary N) is 2. The summed E-state index contributed by atoms with van der Waals surface area (Å²) in [5, 5.41) is 6.34. The Kier molecular flexibility index (Phi) is 5.24. The van der Waals surface area contributed by atoms with Crippen molar-refractivity contribution in [2.45, 2.75) is 19.4 Å². The van der Waals surface area contributed by atoms with Crippen LogP contribution in [0.3, 0.4) is 0 Å². The second-order valence-corrected chi connectivity index (χ2v) is 3.57. The minimum absolute atomic E-state index is 0. The molecule has 0 aliphatic carbocycles. The van der Waals surface area contributed by atoms with E-state index in [9.17, 15) is 0 Å². The average molecular weight is 304 g/mol. The molecule has 0 spiro atoms. The molecular formula is C7H15ClIN3. The van der Waals surface area contributed by atoms with E-state index < -0.39 is 0 Å². The molecule has 0 fully saturated rings. The fourth-order valence-corrected chi connectivity index (χ4v) is 0.902. The zero-order valence-corrected chi connectivity index (χ0v) is 10.4. The number of aliphatic imine (C=N–C) groups is 1. The number of hydrogen-bond acceptors (Lipinski definition) is 3. The van der Waals surface area contributed by atoms with Crippen molar-refractivity contribution in [2.75, 3.05) is 19.0 Å². The van der Waals surface area contributed by atoms with Gasteiger partial charge in [0.05, 0.1) is 6.54 Å². The van der Waals surface area contributed by atoms with Gasteiger partial charge in [-0.05, 0) is 13.8 Å². The van der Waals surface area contributed by atoms with Gasteiger partial charge in [-0.25, -0.2) is 0 Å². The Labute approximate surface area is 95.4 Å². The summed E-state index contributed by atoms with van der Waals surface area (Å²) in [6.07, 6.45) is 0. The van der Waals surface area contributed by atoms with Crippen molar-refractivity contribution < 1.29 is 0 Å². The number of alkyl halides is 1. The highest BCUT2D eigenvalue weighted by Crippen LogP contribution is 2.04. The number of guanidine groups is 1. The lowest BCUT2D eigenvalue weighted by molar-refractivity contribution is 0.512. The van der Waals surface area contributed by atoms with Gasteiger partial charge >= 0.3 is 0 Å². The van der Waals surface area contributed by atoms with Gasteiger partial charge < -0.3 is 10.6 Å². The lowest BCUT2D eigenvalue weighted by Crippen LogP contribution is -2.48. The standard InChI is InChI=1S/C7H14ClN3.HI/c1-7(2,5-8)11-6-9-3-4-10-6;/h3-5H2,1-2H3,(H2,9,10,11);1H. The smallest absolute Gasteiger partial charge is 0.191 e. The minimum Gasteiger partial charge on any atom is -0.355 e. The van der Waals surface area contributed by atoms with Gasteiger partial charge in [-0.2, -0.15) is 0 Å². The topological polar surface area (TPSA) is 36.4 Å². The SMILES string of the molecule is CC(C)(CCl)NC1=NCCN1.I. The summed E-state index contributed by atoms with van der Waals surface area (Å²) >= 11 is 5.73. The molecule has 0 saturated heterocycles. The maximum Gasteiger partial charge on any atom is 0.191 e. The van der Waals surface area contributed by atoms with E-state index >= 15 is 0 Å². The number of rotatable bonds is 2. The summed E-state index contributed by atoms with van der Waals surface area (Å²) in [6.45, 7) is 5.88. The maximum absolute atomic E-state index is 5.73. The summed E-state index contributed by atoms with van der Waals surface area (Å²) in [5.41, 5.74) is -0.0717. The highest BCUT2D eigenvalue weighted by molar-refractivity contribution is 14.0. The predicted octanol–water partition coefficient (Wildman–Crippen LogP) is 1.17. The molecule has 5 heteroatoms. The fourth-order valence-electron chi connectivity index (χ4n) is 0.836. The Morgan fingerprint density at radius 2 is 2.33 bits per heavy atom. The molecule has 0 saturated carbocycles. The Balaban J connectivity index is 0.00000121. The first-order chi connectivity index (χ1) is 5.14. The Bertz CT molecular complexity index is 170. The van der Waals surface area contributed by atoms with Gasteiger partial charge in [0.2, 0.25) is 0 Å². The molecule has 0 bridgehead atoms. The number of nitrogens with zero attached hydrogens (tertiary/aromatic N) is 1. The van der Waals surface area contributed by atoms with Gasteiger partial charge in [0.25, 0.3) is 0 Å². The van der Waals surface area contributed by atoms with Gasteiger partial charge in [-0.1, -0.05) is 0 Å². The molecule has 72 valence electrons. The van der Waals surface area contributed by atoms with Crippen molar-refractivity contribution in [1.29, 1.82) is 0 Å². The predicted molar refractivity (Wildman–Crippen MR) is 63.7 cm³/mol. The first-order valence-electron chi connectivity index (χ1n) is 3.76. The van der Waals surface area contributed by atoms with E-state index in [-0.39, 0.29) is 29.5 Å². The third kappa shape index (κ3) is 3.80. The van der Waals surface area contributed by atoms with Gasteiger partial charge in [-0.3, -0.25) is 4.99 Å². The largest absolute Gasteiger partial charge is 0.355 e. The van der Waals surface area contributed by atoms with Crippen molar-refractivity contribution in [1.82, 2.24) is 10.6 Å². The molecule has 0 aromatic heterocycles. The summed E-state index contributed by atoms with van der Waals surface area (Å²) in [6, 6.07) is 0. The molecule has 1 aliphatic rings. The summed E-state index contributed by atoms with van der Waals surface area (Å²) < 4.78 is 0. The molecule has 12 heavy (non-hydrogen) atoms. The quantitative estimate of drug-likeness (QED) is 0.593. The lowest BCUT2D eigenvalue weighted by Gasteiger charge is -2.24. The molecule has 0 unspecified atom stereocenters. The summed E-state index contributed by atoms with van der Waals surface area (Å²) in [5.74, 6) is 1.45. The van der Waals surface area contributed by atoms with Crippen molar-refractivity contribution in [3.8, 4) is 0 Å². The van der Waals surface area contributed by atoms with Crippen molar-refractivity contribution in [3.63, 3.8) is 0 Å². The van der Waals surface area contributed by atoms with E-state index in [1.165, 1.54) is 0 Å². The van der Waals surface area contributed by atoms with Crippen LogP contribution in [-0.4, -0.2) is 30.5 Å². The third-order valence-electron chi connectivity index (χ3n) is 1.47. The third-order valence-corrected chi connectivity index (χ3v) is 2.13. The monoisotopic (exact) mass is 303 g/mol. The molecule has 1 rings (SSSR count). The van der Waals surface area contributed by atoms with Crippen LogP contribution in [0.5, 0.6) is 0 Å². The molecule has 2 N–H and O–H groups in total. The van der Waals surface area contributed by atoms with Gasteiger partial charge in [-0.15, -0.1) is 35.6 Å². The highest BCUT2D eigenvalue weighted by Gasteiger charge is 2.18. The summed E-state index contributed by atoms with van der Waals surface area (Å²) in [7, 11) is 0. The van der Waals surface area contributed by atoms with Crippen LogP contribution in [0.4, 0.5) is 0 Å². The van der Waals surface area contributed by atoms with Crippen LogP contribution in [0.25, 0.3) is 0 Å². The van der Waals surface area contributed by atoms with E-state index in [2.05, 4.69) is 15.6 Å². The molecular weight excluding hydrogens is 288 g/mol. The summed E-state index contributed by atoms with van der Waals surface area (Å²) in [4.78, 5) is 4.20. The van der Waals surface area contributed by atoms with Crippen LogP contribution in [0.1, 0.15) is 13.8 Å².